The maximum atomic E-state index is 12.0. The van der Waals surface area contributed by atoms with Crippen LogP contribution in [0.2, 0.25) is 0 Å². The van der Waals surface area contributed by atoms with Crippen molar-refractivity contribution in [2.24, 2.45) is 0 Å². The molecule has 0 saturated heterocycles. The normalized spacial score (nSPS) is 8.00. The van der Waals surface area contributed by atoms with Crippen molar-refractivity contribution in [3.8, 4) is 0 Å². The fraction of sp³-hybridized carbons (Fsp3) is 0.500. The fourth-order valence-electron chi connectivity index (χ4n) is 0.331. The molecule has 0 bridgehead atoms. The van der Waals surface area contributed by atoms with Crippen molar-refractivity contribution in [1.29, 1.82) is 0 Å². The number of hydrogen-bond acceptors (Lipinski definition) is 1. The molecular weight excluding hydrogens is 119 g/mol. The molecule has 0 aromatic carbocycles. The highest BCUT2D eigenvalue weighted by Crippen LogP contribution is 1.95. The Hall–Kier alpha value is -0.860. The van der Waals surface area contributed by atoms with E-state index in [2.05, 4.69) is 10.2 Å². The van der Waals surface area contributed by atoms with Gasteiger partial charge in [0.05, 0.1) is 6.20 Å². The Kier molecular flexibility index (Phi) is 3.67. The molecule has 0 atom stereocenters. The summed E-state index contributed by atoms with van der Waals surface area (Å²) in [6.07, 6.45) is 1.44. The zero-order valence-electron chi connectivity index (χ0n) is 5.90. The Morgan fingerprint density at radius 1 is 1.56 bits per heavy atom. The van der Waals surface area contributed by atoms with Gasteiger partial charge in [-0.2, -0.15) is 9.49 Å². The molecule has 1 heterocycles. The lowest BCUT2D eigenvalue weighted by Gasteiger charge is -1.73. The van der Waals surface area contributed by atoms with Crippen LogP contribution in [0.3, 0.4) is 0 Å². The van der Waals surface area contributed by atoms with Crippen molar-refractivity contribution < 1.29 is 4.39 Å². The highest BCUT2D eigenvalue weighted by Gasteiger charge is 1.92. The van der Waals surface area contributed by atoms with Crippen LogP contribution in [0, 0.1) is 12.9 Å². The lowest BCUT2D eigenvalue weighted by atomic mass is 10.4. The molecule has 0 amide bonds. The second kappa shape index (κ2) is 4.06. The van der Waals surface area contributed by atoms with Gasteiger partial charge < -0.3 is 0 Å². The second-order valence-electron chi connectivity index (χ2n) is 1.37. The molecule has 0 aliphatic rings. The Morgan fingerprint density at radius 3 is 2.22 bits per heavy atom. The molecule has 1 aromatic rings. The molecule has 1 N–H and O–H groups in total. The number of nitrogens with one attached hydrogen (secondary N) is 1. The number of aromatic amines is 1. The van der Waals surface area contributed by atoms with Crippen LogP contribution in [0.25, 0.3) is 0 Å². The van der Waals surface area contributed by atoms with Gasteiger partial charge in [-0.15, -0.1) is 0 Å². The first kappa shape index (κ1) is 8.14. The fourth-order valence-corrected chi connectivity index (χ4v) is 0.331. The maximum Gasteiger partial charge on any atom is 0.211 e. The van der Waals surface area contributed by atoms with E-state index in [0.29, 0.717) is 5.56 Å². The van der Waals surface area contributed by atoms with Gasteiger partial charge in [0.15, 0.2) is 0 Å². The third-order valence-corrected chi connectivity index (χ3v) is 0.767. The van der Waals surface area contributed by atoms with Gasteiger partial charge in [0, 0.05) is 5.56 Å². The van der Waals surface area contributed by atoms with Crippen molar-refractivity contribution in [3.63, 3.8) is 0 Å². The number of aryl methyl sites for hydroxylation is 1. The van der Waals surface area contributed by atoms with Crippen LogP contribution < -0.4 is 0 Å². The highest BCUT2D eigenvalue weighted by atomic mass is 19.1. The molecule has 1 rings (SSSR count). The van der Waals surface area contributed by atoms with Gasteiger partial charge in [0.25, 0.3) is 0 Å². The summed E-state index contributed by atoms with van der Waals surface area (Å²) >= 11 is 0. The van der Waals surface area contributed by atoms with E-state index in [4.69, 9.17) is 0 Å². The summed E-state index contributed by atoms with van der Waals surface area (Å²) in [6.45, 7) is 5.65. The summed E-state index contributed by atoms with van der Waals surface area (Å²) in [5.41, 5.74) is 0.556. The van der Waals surface area contributed by atoms with Gasteiger partial charge in [-0.1, -0.05) is 13.8 Å². The standard InChI is InChI=1S/C4H5FN2.C2H6/c1-3-2-6-7-4(3)5;1-2/h2H,1H3,(H,6,7);1-2H3. The highest BCUT2D eigenvalue weighted by molar-refractivity contribution is 5.00. The van der Waals surface area contributed by atoms with Crippen molar-refractivity contribution >= 4 is 0 Å². The summed E-state index contributed by atoms with van der Waals surface area (Å²) in [7, 11) is 0. The molecular formula is C6H11FN2. The molecule has 52 valence electrons. The second-order valence-corrected chi connectivity index (χ2v) is 1.37. The monoisotopic (exact) mass is 130 g/mol. The third-order valence-electron chi connectivity index (χ3n) is 0.767. The molecule has 0 fully saturated rings. The Balaban J connectivity index is 0.000000291. The van der Waals surface area contributed by atoms with Crippen LogP contribution in [0.4, 0.5) is 4.39 Å². The van der Waals surface area contributed by atoms with Crippen molar-refractivity contribution in [1.82, 2.24) is 10.2 Å². The molecule has 3 heteroatoms. The van der Waals surface area contributed by atoms with E-state index in [9.17, 15) is 4.39 Å². The van der Waals surface area contributed by atoms with Crippen molar-refractivity contribution in [2.75, 3.05) is 0 Å². The predicted molar refractivity (Wildman–Crippen MR) is 34.6 cm³/mol. The number of nitrogens with zero attached hydrogens (tertiary/aromatic N) is 1. The first-order valence-corrected chi connectivity index (χ1v) is 2.96. The maximum absolute atomic E-state index is 12.0. The lowest BCUT2D eigenvalue weighted by Crippen LogP contribution is -1.72. The summed E-state index contributed by atoms with van der Waals surface area (Å²) < 4.78 is 12.0. The quantitative estimate of drug-likeness (QED) is 0.570. The van der Waals surface area contributed by atoms with Crippen molar-refractivity contribution in [2.45, 2.75) is 20.8 Å². The molecule has 0 aliphatic carbocycles. The van der Waals surface area contributed by atoms with Crippen LogP contribution in [0.5, 0.6) is 0 Å². The number of rotatable bonds is 0. The largest absolute Gasteiger partial charge is 0.253 e. The Morgan fingerprint density at radius 2 is 2.11 bits per heavy atom. The minimum Gasteiger partial charge on any atom is -0.253 e. The molecule has 1 aromatic heterocycles. The van der Waals surface area contributed by atoms with Crippen molar-refractivity contribution in [3.05, 3.63) is 17.7 Å². The van der Waals surface area contributed by atoms with E-state index in [-0.39, 0.29) is 5.95 Å². The summed E-state index contributed by atoms with van der Waals surface area (Å²) in [5.74, 6) is -0.347. The SMILES string of the molecule is CC.Cc1cn[nH]c1F. The third kappa shape index (κ3) is 2.26. The van der Waals surface area contributed by atoms with Crippen LogP contribution in [0.15, 0.2) is 6.20 Å². The Labute approximate surface area is 54.1 Å². The lowest BCUT2D eigenvalue weighted by molar-refractivity contribution is 0.572. The van der Waals surface area contributed by atoms with Crippen LogP contribution in [-0.4, -0.2) is 10.2 Å². The zero-order valence-corrected chi connectivity index (χ0v) is 5.90. The average Bonchev–Trinajstić information content (AvgIpc) is 2.23. The smallest absolute Gasteiger partial charge is 0.211 e. The van der Waals surface area contributed by atoms with E-state index < -0.39 is 0 Å². The zero-order chi connectivity index (χ0) is 7.28. The molecule has 0 aliphatic heterocycles. The van der Waals surface area contributed by atoms with E-state index in [0.717, 1.165) is 0 Å². The first-order valence-electron chi connectivity index (χ1n) is 2.96. The van der Waals surface area contributed by atoms with Gasteiger partial charge >= 0.3 is 0 Å². The Bertz CT molecular complexity index is 143. The minimum atomic E-state index is -0.347. The van der Waals surface area contributed by atoms with Gasteiger partial charge in [0.1, 0.15) is 0 Å². The summed E-state index contributed by atoms with van der Waals surface area (Å²) in [4.78, 5) is 0. The topological polar surface area (TPSA) is 28.7 Å². The summed E-state index contributed by atoms with van der Waals surface area (Å²) in [5, 5.41) is 5.57. The van der Waals surface area contributed by atoms with Crippen LogP contribution >= 0.6 is 0 Å². The number of halogens is 1. The van der Waals surface area contributed by atoms with E-state index in [1.54, 1.807) is 6.92 Å². The van der Waals surface area contributed by atoms with Gasteiger partial charge in [-0.05, 0) is 6.92 Å². The van der Waals surface area contributed by atoms with Crippen LogP contribution in [0.1, 0.15) is 19.4 Å². The van der Waals surface area contributed by atoms with Gasteiger partial charge in [0.2, 0.25) is 5.95 Å². The number of hydrogen-bond donors (Lipinski definition) is 1. The van der Waals surface area contributed by atoms with Gasteiger partial charge in [-0.25, -0.2) is 0 Å². The molecule has 9 heavy (non-hydrogen) atoms. The molecule has 2 nitrogen and oxygen atoms in total. The molecule has 0 unspecified atom stereocenters. The molecule has 0 radical (unpaired) electrons. The van der Waals surface area contributed by atoms with Gasteiger partial charge in [-0.3, -0.25) is 5.10 Å². The van der Waals surface area contributed by atoms with E-state index >= 15 is 0 Å². The first-order chi connectivity index (χ1) is 4.30. The molecule has 0 spiro atoms. The number of H-pyrrole nitrogens is 1. The van der Waals surface area contributed by atoms with Crippen LogP contribution in [-0.2, 0) is 0 Å². The predicted octanol–water partition coefficient (Wildman–Crippen LogP) is 1.88. The number of aromatic nitrogens is 2. The van der Waals surface area contributed by atoms with E-state index in [1.165, 1.54) is 6.20 Å². The minimum absolute atomic E-state index is 0.347. The summed E-state index contributed by atoms with van der Waals surface area (Å²) in [6, 6.07) is 0. The average molecular weight is 130 g/mol. The van der Waals surface area contributed by atoms with E-state index in [1.807, 2.05) is 13.8 Å². The molecule has 0 saturated carbocycles.